The van der Waals surface area contributed by atoms with E-state index in [0.717, 1.165) is 6.42 Å². The van der Waals surface area contributed by atoms with Crippen molar-refractivity contribution in [2.45, 2.75) is 13.3 Å². The van der Waals surface area contributed by atoms with E-state index in [1.807, 2.05) is 19.1 Å². The number of hydrogen-bond acceptors (Lipinski definition) is 1. The molecule has 1 N–H and O–H groups in total. The fourth-order valence-electron chi connectivity index (χ4n) is 1.28. The second-order valence-corrected chi connectivity index (χ2v) is 3.50. The van der Waals surface area contributed by atoms with Crippen LogP contribution >= 0.6 is 0 Å². The highest BCUT2D eigenvalue weighted by molar-refractivity contribution is 5.91. The van der Waals surface area contributed by atoms with E-state index in [9.17, 15) is 9.18 Å². The number of carbonyl (C=O) groups excluding carboxylic acids is 1. The van der Waals surface area contributed by atoms with Crippen LogP contribution < -0.4 is 5.32 Å². The smallest absolute Gasteiger partial charge is 0.244 e. The number of benzene rings is 1. The molecule has 0 saturated heterocycles. The summed E-state index contributed by atoms with van der Waals surface area (Å²) < 4.78 is 13.2. The molecule has 1 amide bonds. The van der Waals surface area contributed by atoms with Crippen LogP contribution in [0.5, 0.6) is 0 Å². The van der Waals surface area contributed by atoms with Crippen molar-refractivity contribution < 1.29 is 9.18 Å². The minimum absolute atomic E-state index is 0.210. The highest BCUT2D eigenvalue weighted by Crippen LogP contribution is 2.07. The first-order valence-corrected chi connectivity index (χ1v) is 5.55. The first kappa shape index (κ1) is 13.2. The van der Waals surface area contributed by atoms with Gasteiger partial charge >= 0.3 is 0 Å². The second-order valence-electron chi connectivity index (χ2n) is 3.50. The Labute approximate surface area is 101 Å². The molecule has 2 nitrogen and oxygen atoms in total. The maximum absolute atomic E-state index is 13.2. The van der Waals surface area contributed by atoms with Gasteiger partial charge in [0.2, 0.25) is 5.91 Å². The predicted octanol–water partition coefficient (Wildman–Crippen LogP) is 2.92. The van der Waals surface area contributed by atoms with E-state index in [1.54, 1.807) is 18.2 Å². The van der Waals surface area contributed by atoms with Crippen molar-refractivity contribution in [3.05, 3.63) is 53.9 Å². The van der Waals surface area contributed by atoms with Gasteiger partial charge < -0.3 is 5.32 Å². The number of nitrogens with one attached hydrogen (secondary N) is 1. The van der Waals surface area contributed by atoms with Crippen molar-refractivity contribution in [2.24, 2.45) is 0 Å². The number of allylic oxidation sites excluding steroid dienone is 1. The van der Waals surface area contributed by atoms with Crippen molar-refractivity contribution in [1.82, 2.24) is 5.32 Å². The van der Waals surface area contributed by atoms with Gasteiger partial charge in [-0.25, -0.2) is 4.39 Å². The molecule has 0 unspecified atom stereocenters. The van der Waals surface area contributed by atoms with Crippen molar-refractivity contribution in [3.63, 3.8) is 0 Å². The molecule has 17 heavy (non-hydrogen) atoms. The number of halogens is 1. The summed E-state index contributed by atoms with van der Waals surface area (Å²) in [5.41, 5.74) is 0.413. The summed E-state index contributed by atoms with van der Waals surface area (Å²) in [4.78, 5) is 11.3. The zero-order valence-corrected chi connectivity index (χ0v) is 9.82. The lowest BCUT2D eigenvalue weighted by Gasteiger charge is -1.98. The van der Waals surface area contributed by atoms with E-state index in [4.69, 9.17) is 0 Å². The zero-order valence-electron chi connectivity index (χ0n) is 9.82. The van der Waals surface area contributed by atoms with E-state index in [1.165, 1.54) is 18.2 Å². The Balaban J connectivity index is 2.43. The first-order chi connectivity index (χ1) is 8.24. The van der Waals surface area contributed by atoms with Crippen LogP contribution in [0.4, 0.5) is 4.39 Å². The molecule has 0 aliphatic rings. The van der Waals surface area contributed by atoms with Crippen LogP contribution in [0.15, 0.2) is 42.5 Å². The lowest BCUT2D eigenvalue weighted by molar-refractivity contribution is -0.116. The molecule has 0 spiro atoms. The third-order valence-corrected chi connectivity index (χ3v) is 2.17. The van der Waals surface area contributed by atoms with Crippen LogP contribution in [0.2, 0.25) is 0 Å². The van der Waals surface area contributed by atoms with Crippen molar-refractivity contribution in [2.75, 3.05) is 6.54 Å². The number of rotatable bonds is 5. The van der Waals surface area contributed by atoms with Crippen LogP contribution in [0.1, 0.15) is 18.9 Å². The van der Waals surface area contributed by atoms with Crippen LogP contribution in [0.25, 0.3) is 6.08 Å². The molecule has 0 fully saturated rings. The molecular weight excluding hydrogens is 217 g/mol. The Bertz CT molecular complexity index is 424. The second kappa shape index (κ2) is 7.39. The Morgan fingerprint density at radius 3 is 2.88 bits per heavy atom. The molecule has 1 rings (SSSR count). The molecule has 0 aliphatic carbocycles. The third-order valence-electron chi connectivity index (χ3n) is 2.17. The molecule has 1 aromatic carbocycles. The average Bonchev–Trinajstić information content (AvgIpc) is 2.34. The molecule has 0 aliphatic heterocycles. The zero-order chi connectivity index (χ0) is 12.5. The largest absolute Gasteiger partial charge is 0.352 e. The SMILES string of the molecule is C/C=C/CCNC(=O)/C=C/c1ccccc1F. The highest BCUT2D eigenvalue weighted by atomic mass is 19.1. The molecule has 90 valence electrons. The summed E-state index contributed by atoms with van der Waals surface area (Å²) in [6, 6.07) is 6.33. The first-order valence-electron chi connectivity index (χ1n) is 5.55. The van der Waals surface area contributed by atoms with Gasteiger partial charge in [-0.05, 0) is 25.5 Å². The number of amides is 1. The van der Waals surface area contributed by atoms with Gasteiger partial charge in [-0.2, -0.15) is 0 Å². The summed E-state index contributed by atoms with van der Waals surface area (Å²) in [5.74, 6) is -0.539. The van der Waals surface area contributed by atoms with Crippen LogP contribution in [0, 0.1) is 5.82 Å². The standard InChI is InChI=1S/C14H16FNO/c1-2-3-6-11-16-14(17)10-9-12-7-4-5-8-13(12)15/h2-5,7-10H,6,11H2,1H3,(H,16,17)/b3-2+,10-9+. The van der Waals surface area contributed by atoms with Crippen LogP contribution in [-0.2, 0) is 4.79 Å². The van der Waals surface area contributed by atoms with Crippen molar-refractivity contribution in [3.8, 4) is 0 Å². The van der Waals surface area contributed by atoms with Gasteiger partial charge in [-0.3, -0.25) is 4.79 Å². The maximum atomic E-state index is 13.2. The normalized spacial score (nSPS) is 11.2. The molecule has 0 heterocycles. The Kier molecular flexibility index (Phi) is 5.72. The van der Waals surface area contributed by atoms with E-state index < -0.39 is 0 Å². The average molecular weight is 233 g/mol. The quantitative estimate of drug-likeness (QED) is 0.473. The summed E-state index contributed by atoms with van der Waals surface area (Å²) in [6.45, 7) is 2.52. The minimum atomic E-state index is -0.328. The molecule has 0 atom stereocenters. The monoisotopic (exact) mass is 233 g/mol. The van der Waals surface area contributed by atoms with Gasteiger partial charge in [0.05, 0.1) is 0 Å². The Hall–Kier alpha value is -1.90. The lowest BCUT2D eigenvalue weighted by atomic mass is 10.2. The van der Waals surface area contributed by atoms with Crippen LogP contribution in [-0.4, -0.2) is 12.5 Å². The van der Waals surface area contributed by atoms with Gasteiger partial charge in [0.15, 0.2) is 0 Å². The molecule has 3 heteroatoms. The molecule has 0 aromatic heterocycles. The summed E-state index contributed by atoms with van der Waals surface area (Å²) in [7, 11) is 0. The highest BCUT2D eigenvalue weighted by Gasteiger charge is 1.97. The molecule has 1 aromatic rings. The van der Waals surface area contributed by atoms with E-state index in [-0.39, 0.29) is 11.7 Å². The number of carbonyl (C=O) groups is 1. The van der Waals surface area contributed by atoms with Crippen LogP contribution in [0.3, 0.4) is 0 Å². The Morgan fingerprint density at radius 2 is 2.18 bits per heavy atom. The molecule has 0 radical (unpaired) electrons. The fourth-order valence-corrected chi connectivity index (χ4v) is 1.28. The van der Waals surface area contributed by atoms with Crippen molar-refractivity contribution in [1.29, 1.82) is 0 Å². The summed E-state index contributed by atoms with van der Waals surface area (Å²) in [5, 5.41) is 2.71. The Morgan fingerprint density at radius 1 is 1.41 bits per heavy atom. The summed E-state index contributed by atoms with van der Waals surface area (Å²) in [6.07, 6.45) is 7.52. The van der Waals surface area contributed by atoms with Gasteiger partial charge in [0, 0.05) is 18.2 Å². The molecule has 0 saturated carbocycles. The van der Waals surface area contributed by atoms with Gasteiger partial charge in [-0.15, -0.1) is 0 Å². The number of hydrogen-bond donors (Lipinski definition) is 1. The lowest BCUT2D eigenvalue weighted by Crippen LogP contribution is -2.21. The molecular formula is C14H16FNO. The topological polar surface area (TPSA) is 29.1 Å². The third kappa shape index (κ3) is 5.11. The predicted molar refractivity (Wildman–Crippen MR) is 67.9 cm³/mol. The van der Waals surface area contributed by atoms with E-state index >= 15 is 0 Å². The maximum Gasteiger partial charge on any atom is 0.244 e. The van der Waals surface area contributed by atoms with Crippen molar-refractivity contribution >= 4 is 12.0 Å². The fraction of sp³-hybridized carbons (Fsp3) is 0.214. The van der Waals surface area contributed by atoms with E-state index in [0.29, 0.717) is 12.1 Å². The van der Waals surface area contributed by atoms with Gasteiger partial charge in [0.25, 0.3) is 0 Å². The molecule has 0 bridgehead atoms. The van der Waals surface area contributed by atoms with Gasteiger partial charge in [-0.1, -0.05) is 30.4 Å². The minimum Gasteiger partial charge on any atom is -0.352 e. The van der Waals surface area contributed by atoms with Gasteiger partial charge in [0.1, 0.15) is 5.82 Å². The summed E-state index contributed by atoms with van der Waals surface area (Å²) >= 11 is 0. The van der Waals surface area contributed by atoms with E-state index in [2.05, 4.69) is 5.32 Å².